The highest BCUT2D eigenvalue weighted by Gasteiger charge is 2.11. The summed E-state index contributed by atoms with van der Waals surface area (Å²) in [6.45, 7) is 8.70. The molecular weight excluding hydrogens is 324 g/mol. The van der Waals surface area contributed by atoms with Gasteiger partial charge in [0.2, 0.25) is 5.88 Å². The van der Waals surface area contributed by atoms with Gasteiger partial charge in [0.1, 0.15) is 5.75 Å². The van der Waals surface area contributed by atoms with Gasteiger partial charge in [-0.25, -0.2) is 4.98 Å². The predicted molar refractivity (Wildman–Crippen MR) is 99.6 cm³/mol. The number of ether oxygens (including phenoxy) is 2. The normalized spacial score (nSPS) is 12.1. The third-order valence-electron chi connectivity index (χ3n) is 3.79. The number of hydrogen-bond acceptors (Lipinski definition) is 4. The number of aromatic nitrogens is 1. The van der Waals surface area contributed by atoms with Crippen LogP contribution >= 0.6 is 11.6 Å². The summed E-state index contributed by atoms with van der Waals surface area (Å²) in [5, 5.41) is 4.18. The van der Waals surface area contributed by atoms with Crippen LogP contribution in [0.4, 0.5) is 5.69 Å². The summed E-state index contributed by atoms with van der Waals surface area (Å²) >= 11 is 6.09. The van der Waals surface area contributed by atoms with Crippen molar-refractivity contribution in [3.63, 3.8) is 0 Å². The van der Waals surface area contributed by atoms with Crippen molar-refractivity contribution < 1.29 is 9.47 Å². The number of aryl methyl sites for hydroxylation is 3. The van der Waals surface area contributed by atoms with E-state index < -0.39 is 0 Å². The number of nitrogens with zero attached hydrogens (tertiary/aromatic N) is 1. The van der Waals surface area contributed by atoms with Crippen molar-refractivity contribution in [1.29, 1.82) is 0 Å². The van der Waals surface area contributed by atoms with Gasteiger partial charge >= 0.3 is 0 Å². The molecule has 0 bridgehead atoms. The highest BCUT2D eigenvalue weighted by molar-refractivity contribution is 6.30. The largest absolute Gasteiger partial charge is 0.438 e. The van der Waals surface area contributed by atoms with E-state index in [-0.39, 0.29) is 6.04 Å². The van der Waals surface area contributed by atoms with Crippen LogP contribution in [0.3, 0.4) is 0 Å². The number of hydrogen-bond donors (Lipinski definition) is 1. The van der Waals surface area contributed by atoms with Gasteiger partial charge in [0.15, 0.2) is 0 Å². The molecule has 1 heterocycles. The molecule has 1 aromatic carbocycles. The van der Waals surface area contributed by atoms with Crippen LogP contribution in [0.15, 0.2) is 24.3 Å². The van der Waals surface area contributed by atoms with Crippen molar-refractivity contribution in [2.24, 2.45) is 0 Å². The van der Waals surface area contributed by atoms with Gasteiger partial charge in [-0.15, -0.1) is 0 Å². The predicted octanol–water partition coefficient (Wildman–Crippen LogP) is 5.29. The van der Waals surface area contributed by atoms with Crippen LogP contribution in [0.2, 0.25) is 5.02 Å². The summed E-state index contributed by atoms with van der Waals surface area (Å²) < 4.78 is 11.3. The number of pyridine rings is 1. The fourth-order valence-electron chi connectivity index (χ4n) is 2.64. The molecule has 4 nitrogen and oxygen atoms in total. The average Bonchev–Trinajstić information content (AvgIpc) is 2.50. The molecule has 0 aliphatic carbocycles. The van der Waals surface area contributed by atoms with Crippen molar-refractivity contribution in [3.8, 4) is 11.6 Å². The molecule has 1 atom stereocenters. The van der Waals surface area contributed by atoms with E-state index in [0.29, 0.717) is 17.5 Å². The summed E-state index contributed by atoms with van der Waals surface area (Å²) in [5.74, 6) is 1.37. The van der Waals surface area contributed by atoms with Gasteiger partial charge in [0.25, 0.3) is 0 Å². The molecule has 5 heteroatoms. The van der Waals surface area contributed by atoms with Crippen LogP contribution < -0.4 is 10.1 Å². The highest BCUT2D eigenvalue weighted by Crippen LogP contribution is 2.31. The van der Waals surface area contributed by atoms with E-state index in [1.54, 1.807) is 7.11 Å². The first-order valence-electron chi connectivity index (χ1n) is 8.11. The number of nitrogens with one attached hydrogen (secondary N) is 1. The second-order valence-electron chi connectivity index (χ2n) is 6.01. The lowest BCUT2D eigenvalue weighted by Gasteiger charge is -2.18. The third-order valence-corrected chi connectivity index (χ3v) is 4.01. The van der Waals surface area contributed by atoms with Crippen LogP contribution in [0.25, 0.3) is 0 Å². The summed E-state index contributed by atoms with van der Waals surface area (Å²) in [6, 6.07) is 7.96. The molecule has 0 saturated carbocycles. The average molecular weight is 349 g/mol. The van der Waals surface area contributed by atoms with Gasteiger partial charge < -0.3 is 14.8 Å². The van der Waals surface area contributed by atoms with E-state index in [9.17, 15) is 0 Å². The lowest BCUT2D eigenvalue weighted by Crippen LogP contribution is -2.23. The second kappa shape index (κ2) is 8.36. The number of methoxy groups -OCH3 is 1. The molecule has 1 N–H and O–H groups in total. The van der Waals surface area contributed by atoms with Gasteiger partial charge in [-0.2, -0.15) is 0 Å². The van der Waals surface area contributed by atoms with E-state index in [2.05, 4.69) is 17.2 Å². The molecule has 0 aliphatic rings. The Bertz CT molecular complexity index is 681. The minimum absolute atomic E-state index is 0.253. The monoisotopic (exact) mass is 348 g/mol. The van der Waals surface area contributed by atoms with Crippen LogP contribution in [0.1, 0.15) is 30.2 Å². The topological polar surface area (TPSA) is 43.4 Å². The number of benzene rings is 1. The van der Waals surface area contributed by atoms with Crippen LogP contribution in [0, 0.1) is 20.8 Å². The van der Waals surface area contributed by atoms with Gasteiger partial charge in [0, 0.05) is 35.6 Å². The Morgan fingerprint density at radius 2 is 1.79 bits per heavy atom. The van der Waals surface area contributed by atoms with Crippen molar-refractivity contribution in [3.05, 3.63) is 46.1 Å². The molecule has 0 fully saturated rings. The molecule has 0 radical (unpaired) electrons. The summed E-state index contributed by atoms with van der Waals surface area (Å²) in [4.78, 5) is 4.49. The zero-order chi connectivity index (χ0) is 17.7. The molecule has 2 aromatic rings. The van der Waals surface area contributed by atoms with Crippen LogP contribution in [-0.2, 0) is 4.74 Å². The highest BCUT2D eigenvalue weighted by atomic mass is 35.5. The Hall–Kier alpha value is -1.78. The van der Waals surface area contributed by atoms with E-state index in [1.807, 2.05) is 45.0 Å². The smallest absolute Gasteiger partial charge is 0.221 e. The molecule has 24 heavy (non-hydrogen) atoms. The maximum absolute atomic E-state index is 6.09. The maximum Gasteiger partial charge on any atom is 0.221 e. The molecule has 2 rings (SSSR count). The SMILES string of the molecule is CCC(COC)Nc1cc(C)nc(Oc2c(C)cc(Cl)cc2C)c1. The first-order valence-corrected chi connectivity index (χ1v) is 8.49. The number of halogens is 1. The lowest BCUT2D eigenvalue weighted by atomic mass is 10.1. The first-order chi connectivity index (χ1) is 11.4. The molecule has 0 spiro atoms. The zero-order valence-electron chi connectivity index (χ0n) is 14.9. The van der Waals surface area contributed by atoms with Crippen molar-refractivity contribution in [2.45, 2.75) is 40.2 Å². The Morgan fingerprint density at radius 1 is 1.12 bits per heavy atom. The summed E-state index contributed by atoms with van der Waals surface area (Å²) in [7, 11) is 1.71. The van der Waals surface area contributed by atoms with Crippen LogP contribution in [-0.4, -0.2) is 24.7 Å². The number of rotatable bonds is 7. The summed E-state index contributed by atoms with van der Waals surface area (Å²) in [6.07, 6.45) is 0.973. The van der Waals surface area contributed by atoms with E-state index in [0.717, 1.165) is 34.7 Å². The van der Waals surface area contributed by atoms with E-state index >= 15 is 0 Å². The summed E-state index contributed by atoms with van der Waals surface area (Å²) in [5.41, 5.74) is 3.85. The first kappa shape index (κ1) is 18.6. The van der Waals surface area contributed by atoms with Crippen LogP contribution in [0.5, 0.6) is 11.6 Å². The molecule has 1 aromatic heterocycles. The Morgan fingerprint density at radius 3 is 2.38 bits per heavy atom. The van der Waals surface area contributed by atoms with Gasteiger partial charge in [0.05, 0.1) is 6.61 Å². The Kier molecular flexibility index (Phi) is 6.46. The minimum atomic E-state index is 0.253. The van der Waals surface area contributed by atoms with E-state index in [4.69, 9.17) is 21.1 Å². The Balaban J connectivity index is 2.26. The molecule has 130 valence electrons. The molecule has 0 saturated heterocycles. The zero-order valence-corrected chi connectivity index (χ0v) is 15.7. The van der Waals surface area contributed by atoms with Crippen molar-refractivity contribution >= 4 is 17.3 Å². The van der Waals surface area contributed by atoms with Crippen molar-refractivity contribution in [1.82, 2.24) is 4.98 Å². The molecule has 1 unspecified atom stereocenters. The van der Waals surface area contributed by atoms with Gasteiger partial charge in [-0.05, 0) is 56.5 Å². The lowest BCUT2D eigenvalue weighted by molar-refractivity contribution is 0.184. The minimum Gasteiger partial charge on any atom is -0.438 e. The van der Waals surface area contributed by atoms with Gasteiger partial charge in [-0.1, -0.05) is 18.5 Å². The van der Waals surface area contributed by atoms with Crippen molar-refractivity contribution in [2.75, 3.05) is 19.0 Å². The fourth-order valence-corrected chi connectivity index (χ4v) is 2.96. The quantitative estimate of drug-likeness (QED) is 0.738. The second-order valence-corrected chi connectivity index (χ2v) is 6.45. The molecule has 0 aliphatic heterocycles. The fraction of sp³-hybridized carbons (Fsp3) is 0.421. The molecular formula is C19H25ClN2O2. The number of anilines is 1. The van der Waals surface area contributed by atoms with Gasteiger partial charge in [-0.3, -0.25) is 0 Å². The standard InChI is InChI=1S/C19H25ClN2O2/c1-6-16(11-23-5)22-17-9-14(4)21-18(10-17)24-19-12(2)7-15(20)8-13(19)3/h7-10,16H,6,11H2,1-5H3,(H,21,22). The third kappa shape index (κ3) is 4.86. The Labute approximate surface area is 149 Å². The molecule has 0 amide bonds. The van der Waals surface area contributed by atoms with E-state index in [1.165, 1.54) is 0 Å². The maximum atomic E-state index is 6.09.